The molecule has 0 aliphatic heterocycles. The number of rotatable bonds is 7. The summed E-state index contributed by atoms with van der Waals surface area (Å²) in [5.41, 5.74) is 0. The molecule has 1 aromatic rings. The average molecular weight is 322 g/mol. The predicted octanol–water partition coefficient (Wildman–Crippen LogP) is 1.81. The van der Waals surface area contributed by atoms with Crippen LogP contribution in [0.3, 0.4) is 0 Å². The Morgan fingerprint density at radius 3 is 2.55 bits per heavy atom. The molecule has 22 heavy (non-hydrogen) atoms. The van der Waals surface area contributed by atoms with Crippen molar-refractivity contribution in [3.8, 4) is 0 Å². The van der Waals surface area contributed by atoms with Crippen LogP contribution in [0.2, 0.25) is 0 Å². The molecule has 0 saturated carbocycles. The van der Waals surface area contributed by atoms with Crippen molar-refractivity contribution in [1.29, 1.82) is 0 Å². The molecule has 0 radical (unpaired) electrons. The van der Waals surface area contributed by atoms with Gasteiger partial charge in [-0.2, -0.15) is 0 Å². The number of likely N-dealkylation sites (N-methyl/N-ethyl adjacent to an activating group) is 1. The van der Waals surface area contributed by atoms with Crippen LogP contribution in [0.5, 0.6) is 0 Å². The number of guanidine groups is 1. The summed E-state index contributed by atoms with van der Waals surface area (Å²) in [5.74, 6) is 0.669. The number of thioether (sulfide) groups is 1. The first-order chi connectivity index (χ1) is 10.5. The molecule has 1 atom stereocenters. The number of nitrogens with one attached hydrogen (secondary N) is 2. The smallest absolute Gasteiger partial charge is 0.243 e. The van der Waals surface area contributed by atoms with E-state index >= 15 is 0 Å². The molecule has 5 nitrogen and oxygen atoms in total. The van der Waals surface area contributed by atoms with Gasteiger partial charge in [-0.1, -0.05) is 25.1 Å². The molecule has 122 valence electrons. The van der Waals surface area contributed by atoms with Crippen LogP contribution in [0.4, 0.5) is 0 Å². The molecule has 6 heteroatoms. The largest absolute Gasteiger partial charge is 0.357 e. The summed E-state index contributed by atoms with van der Waals surface area (Å²) in [6, 6.07) is 10.3. The second-order valence-electron chi connectivity index (χ2n) is 5.11. The van der Waals surface area contributed by atoms with E-state index in [1.165, 1.54) is 4.90 Å². The standard InChI is InChI=1S/C16H26N4OS/c1-5-17-16(19-12-15(21)20(3)4)18-11-13(2)22-14-9-7-6-8-10-14/h6-10,13H,5,11-12H2,1-4H3,(H2,17,18,19). The van der Waals surface area contributed by atoms with E-state index < -0.39 is 0 Å². The van der Waals surface area contributed by atoms with Gasteiger partial charge in [-0.05, 0) is 19.1 Å². The summed E-state index contributed by atoms with van der Waals surface area (Å²) in [6.45, 7) is 5.87. The van der Waals surface area contributed by atoms with Crippen molar-refractivity contribution in [2.24, 2.45) is 4.99 Å². The van der Waals surface area contributed by atoms with Crippen LogP contribution >= 0.6 is 11.8 Å². The number of carbonyl (C=O) groups is 1. The van der Waals surface area contributed by atoms with Crippen LogP contribution < -0.4 is 10.6 Å². The molecule has 0 saturated heterocycles. The van der Waals surface area contributed by atoms with Gasteiger partial charge >= 0.3 is 0 Å². The highest BCUT2D eigenvalue weighted by molar-refractivity contribution is 8.00. The molecule has 0 bridgehead atoms. The summed E-state index contributed by atoms with van der Waals surface area (Å²) in [6.07, 6.45) is 0. The highest BCUT2D eigenvalue weighted by Gasteiger charge is 2.07. The third-order valence-corrected chi connectivity index (χ3v) is 3.97. The van der Waals surface area contributed by atoms with Gasteiger partial charge in [0.2, 0.25) is 5.91 Å². The van der Waals surface area contributed by atoms with Crippen LogP contribution in [0.1, 0.15) is 13.8 Å². The number of carbonyl (C=O) groups excluding carboxylic acids is 1. The first-order valence-electron chi connectivity index (χ1n) is 7.47. The lowest BCUT2D eigenvalue weighted by atomic mass is 10.4. The highest BCUT2D eigenvalue weighted by atomic mass is 32.2. The third-order valence-electron chi connectivity index (χ3n) is 2.85. The summed E-state index contributed by atoms with van der Waals surface area (Å²) in [4.78, 5) is 18.7. The summed E-state index contributed by atoms with van der Waals surface area (Å²) >= 11 is 1.81. The van der Waals surface area contributed by atoms with Gasteiger partial charge in [0.25, 0.3) is 0 Å². The number of amides is 1. The highest BCUT2D eigenvalue weighted by Crippen LogP contribution is 2.21. The quantitative estimate of drug-likeness (QED) is 0.457. The Hall–Kier alpha value is -1.69. The Labute approximate surface area is 137 Å². The van der Waals surface area contributed by atoms with Gasteiger partial charge in [0, 0.05) is 37.3 Å². The Balaban J connectivity index is 2.46. The van der Waals surface area contributed by atoms with Crippen molar-refractivity contribution in [2.45, 2.75) is 24.0 Å². The summed E-state index contributed by atoms with van der Waals surface area (Å²) < 4.78 is 0. The second kappa shape index (κ2) is 10.1. The SMILES string of the molecule is CCNC(=NCC(=O)N(C)C)NCC(C)Sc1ccccc1. The summed E-state index contributed by atoms with van der Waals surface area (Å²) in [7, 11) is 3.47. The molecule has 0 spiro atoms. The van der Waals surface area contributed by atoms with Crippen LogP contribution in [0, 0.1) is 0 Å². The fourth-order valence-corrected chi connectivity index (χ4v) is 2.59. The Morgan fingerprint density at radius 1 is 1.27 bits per heavy atom. The molecular formula is C16H26N4OS. The van der Waals surface area contributed by atoms with E-state index in [0.29, 0.717) is 11.2 Å². The molecule has 1 amide bonds. The van der Waals surface area contributed by atoms with E-state index in [4.69, 9.17) is 0 Å². The number of benzene rings is 1. The number of nitrogens with zero attached hydrogens (tertiary/aromatic N) is 2. The zero-order valence-corrected chi connectivity index (χ0v) is 14.6. The van der Waals surface area contributed by atoms with E-state index in [0.717, 1.165) is 13.1 Å². The van der Waals surface area contributed by atoms with Crippen LogP contribution in [-0.2, 0) is 4.79 Å². The van der Waals surface area contributed by atoms with Crippen molar-refractivity contribution in [3.05, 3.63) is 30.3 Å². The second-order valence-corrected chi connectivity index (χ2v) is 6.62. The molecule has 0 aromatic heterocycles. The third kappa shape index (κ3) is 7.36. The Bertz CT molecular complexity index is 476. The molecule has 0 heterocycles. The lowest BCUT2D eigenvalue weighted by molar-refractivity contribution is -0.127. The maximum absolute atomic E-state index is 11.6. The van der Waals surface area contributed by atoms with E-state index in [-0.39, 0.29) is 12.5 Å². The van der Waals surface area contributed by atoms with Gasteiger partial charge in [-0.25, -0.2) is 4.99 Å². The van der Waals surface area contributed by atoms with E-state index in [1.807, 2.05) is 36.9 Å². The average Bonchev–Trinajstić information content (AvgIpc) is 2.50. The number of hydrogen-bond acceptors (Lipinski definition) is 3. The van der Waals surface area contributed by atoms with Crippen molar-refractivity contribution >= 4 is 23.6 Å². The minimum Gasteiger partial charge on any atom is -0.357 e. The molecule has 1 unspecified atom stereocenters. The minimum atomic E-state index is -0.0103. The molecule has 0 fully saturated rings. The topological polar surface area (TPSA) is 56.7 Å². The van der Waals surface area contributed by atoms with Crippen molar-refractivity contribution in [2.75, 3.05) is 33.7 Å². The first kappa shape index (κ1) is 18.4. The molecular weight excluding hydrogens is 296 g/mol. The molecule has 0 aliphatic rings. The Kier molecular flexibility index (Phi) is 8.43. The fraction of sp³-hybridized carbons (Fsp3) is 0.500. The van der Waals surface area contributed by atoms with Crippen LogP contribution in [0.15, 0.2) is 40.2 Å². The number of hydrogen-bond donors (Lipinski definition) is 2. The van der Waals surface area contributed by atoms with Crippen molar-refractivity contribution < 1.29 is 4.79 Å². The van der Waals surface area contributed by atoms with Gasteiger partial charge in [-0.15, -0.1) is 11.8 Å². The maximum atomic E-state index is 11.6. The van der Waals surface area contributed by atoms with Gasteiger partial charge in [0.1, 0.15) is 6.54 Å². The van der Waals surface area contributed by atoms with E-state index in [1.54, 1.807) is 19.0 Å². The van der Waals surface area contributed by atoms with Gasteiger partial charge in [0.05, 0.1) is 0 Å². The normalized spacial score (nSPS) is 12.6. The predicted molar refractivity (Wildman–Crippen MR) is 94.4 cm³/mol. The van der Waals surface area contributed by atoms with Gasteiger partial charge in [-0.3, -0.25) is 4.79 Å². The van der Waals surface area contributed by atoms with Crippen molar-refractivity contribution in [1.82, 2.24) is 15.5 Å². The van der Waals surface area contributed by atoms with Crippen LogP contribution in [-0.4, -0.2) is 55.7 Å². The molecule has 0 aliphatic carbocycles. The lowest BCUT2D eigenvalue weighted by Gasteiger charge is -2.16. The van der Waals surface area contributed by atoms with Crippen LogP contribution in [0.25, 0.3) is 0 Å². The number of aliphatic imine (C=N–C) groups is 1. The van der Waals surface area contributed by atoms with Gasteiger partial charge < -0.3 is 15.5 Å². The molecule has 1 aromatic carbocycles. The zero-order valence-electron chi connectivity index (χ0n) is 13.8. The van der Waals surface area contributed by atoms with E-state index in [2.05, 4.69) is 34.7 Å². The minimum absolute atomic E-state index is 0.0103. The first-order valence-corrected chi connectivity index (χ1v) is 8.35. The zero-order chi connectivity index (χ0) is 16.4. The summed E-state index contributed by atoms with van der Waals surface area (Å²) in [5, 5.41) is 6.84. The molecule has 1 rings (SSSR count). The molecule has 2 N–H and O–H groups in total. The van der Waals surface area contributed by atoms with E-state index in [9.17, 15) is 4.79 Å². The monoisotopic (exact) mass is 322 g/mol. The Morgan fingerprint density at radius 2 is 1.95 bits per heavy atom. The van der Waals surface area contributed by atoms with Crippen molar-refractivity contribution in [3.63, 3.8) is 0 Å². The van der Waals surface area contributed by atoms with Gasteiger partial charge in [0.15, 0.2) is 5.96 Å². The maximum Gasteiger partial charge on any atom is 0.243 e. The lowest BCUT2D eigenvalue weighted by Crippen LogP contribution is -2.40. The fourth-order valence-electron chi connectivity index (χ4n) is 1.64.